The summed E-state index contributed by atoms with van der Waals surface area (Å²) in [5, 5.41) is 0.666. The van der Waals surface area contributed by atoms with Gasteiger partial charge in [0.25, 0.3) is 5.91 Å². The highest BCUT2D eigenvalue weighted by molar-refractivity contribution is 8.19. The van der Waals surface area contributed by atoms with Crippen molar-refractivity contribution in [1.29, 1.82) is 0 Å². The Bertz CT molecular complexity index is 759. The average molecular weight is 394 g/mol. The molecule has 0 aromatic heterocycles. The SMILES string of the molecule is O=C(c1ccc(C2SCCS2)cc1)N1CCSc2ccc(Cl)cc21. The second-order valence-electron chi connectivity index (χ2n) is 5.61. The van der Waals surface area contributed by atoms with E-state index >= 15 is 0 Å². The molecule has 1 saturated heterocycles. The van der Waals surface area contributed by atoms with Gasteiger partial charge in [-0.1, -0.05) is 23.7 Å². The number of thioether (sulfide) groups is 3. The normalized spacial score (nSPS) is 17.8. The molecule has 2 nitrogen and oxygen atoms in total. The van der Waals surface area contributed by atoms with Gasteiger partial charge in [0.15, 0.2) is 0 Å². The Kier molecular flexibility index (Phi) is 5.04. The maximum atomic E-state index is 13.0. The Hall–Kier alpha value is -0.750. The van der Waals surface area contributed by atoms with Crippen LogP contribution in [0.15, 0.2) is 47.4 Å². The molecule has 0 bridgehead atoms. The molecule has 4 rings (SSSR count). The van der Waals surface area contributed by atoms with E-state index in [0.29, 0.717) is 16.1 Å². The molecule has 0 atom stereocenters. The first-order valence-corrected chi connectivity index (χ1v) is 11.3. The minimum atomic E-state index is 0.0529. The van der Waals surface area contributed by atoms with Crippen LogP contribution in [0.5, 0.6) is 0 Å². The van der Waals surface area contributed by atoms with Crippen molar-refractivity contribution in [3.8, 4) is 0 Å². The predicted molar refractivity (Wildman–Crippen MR) is 108 cm³/mol. The molecule has 0 spiro atoms. The zero-order valence-corrected chi connectivity index (χ0v) is 16.1. The summed E-state index contributed by atoms with van der Waals surface area (Å²) >= 11 is 11.9. The largest absolute Gasteiger partial charge is 0.306 e. The molecule has 0 radical (unpaired) electrons. The van der Waals surface area contributed by atoms with Gasteiger partial charge in [-0.2, -0.15) is 0 Å². The number of carbonyl (C=O) groups is 1. The van der Waals surface area contributed by atoms with Gasteiger partial charge in [-0.3, -0.25) is 4.79 Å². The summed E-state index contributed by atoms with van der Waals surface area (Å²) in [4.78, 5) is 15.9. The summed E-state index contributed by atoms with van der Waals surface area (Å²) in [6.45, 7) is 0.715. The van der Waals surface area contributed by atoms with E-state index in [-0.39, 0.29) is 5.91 Å². The summed E-state index contributed by atoms with van der Waals surface area (Å²) in [5.74, 6) is 3.38. The number of hydrogen-bond donors (Lipinski definition) is 0. The van der Waals surface area contributed by atoms with E-state index in [0.717, 1.165) is 21.9 Å². The third-order valence-corrected chi connectivity index (χ3v) is 8.46. The molecule has 1 amide bonds. The Balaban J connectivity index is 1.59. The zero-order valence-electron chi connectivity index (χ0n) is 12.9. The highest BCUT2D eigenvalue weighted by Crippen LogP contribution is 2.45. The molecule has 2 heterocycles. The number of amides is 1. The van der Waals surface area contributed by atoms with E-state index in [1.807, 2.05) is 58.8 Å². The lowest BCUT2D eigenvalue weighted by Gasteiger charge is -2.29. The molecule has 2 aromatic carbocycles. The van der Waals surface area contributed by atoms with Crippen LogP contribution in [0.25, 0.3) is 0 Å². The van der Waals surface area contributed by atoms with Gasteiger partial charge >= 0.3 is 0 Å². The number of rotatable bonds is 2. The van der Waals surface area contributed by atoms with Gasteiger partial charge < -0.3 is 4.90 Å². The molecule has 24 heavy (non-hydrogen) atoms. The van der Waals surface area contributed by atoms with Crippen molar-refractivity contribution in [2.45, 2.75) is 9.48 Å². The standard InChI is InChI=1S/C18H16ClNOS3/c19-14-5-6-16-15(11-14)20(7-8-22-16)17(21)12-1-3-13(4-2-12)18-23-9-10-24-18/h1-6,11,18H,7-10H2. The van der Waals surface area contributed by atoms with Crippen molar-refractivity contribution in [2.75, 3.05) is 28.7 Å². The fraction of sp³-hybridized carbons (Fsp3) is 0.278. The smallest absolute Gasteiger partial charge is 0.258 e. The molecule has 2 aromatic rings. The summed E-state index contributed by atoms with van der Waals surface area (Å²) < 4.78 is 0.514. The van der Waals surface area contributed by atoms with E-state index in [1.165, 1.54) is 17.1 Å². The van der Waals surface area contributed by atoms with Crippen molar-refractivity contribution < 1.29 is 4.79 Å². The van der Waals surface area contributed by atoms with E-state index in [1.54, 1.807) is 11.8 Å². The van der Waals surface area contributed by atoms with Crippen LogP contribution in [0.3, 0.4) is 0 Å². The highest BCUT2D eigenvalue weighted by atomic mass is 35.5. The zero-order chi connectivity index (χ0) is 16.5. The van der Waals surface area contributed by atoms with Crippen LogP contribution in [0.4, 0.5) is 5.69 Å². The monoisotopic (exact) mass is 393 g/mol. The highest BCUT2D eigenvalue weighted by Gasteiger charge is 2.25. The predicted octanol–water partition coefficient (Wildman–Crippen LogP) is 5.57. The molecule has 124 valence electrons. The van der Waals surface area contributed by atoms with Gasteiger partial charge in [0, 0.05) is 39.3 Å². The van der Waals surface area contributed by atoms with Crippen LogP contribution < -0.4 is 4.90 Å². The molecule has 0 N–H and O–H groups in total. The number of anilines is 1. The van der Waals surface area contributed by atoms with Crippen LogP contribution in [-0.4, -0.2) is 29.7 Å². The Morgan fingerprint density at radius 1 is 1.04 bits per heavy atom. The first-order valence-electron chi connectivity index (χ1n) is 7.80. The maximum Gasteiger partial charge on any atom is 0.258 e. The maximum absolute atomic E-state index is 13.0. The molecule has 0 aliphatic carbocycles. The van der Waals surface area contributed by atoms with Gasteiger partial charge in [0.05, 0.1) is 10.3 Å². The number of hydrogen-bond acceptors (Lipinski definition) is 4. The molecule has 2 aliphatic rings. The number of halogens is 1. The second-order valence-corrected chi connectivity index (χ2v) is 9.91. The Morgan fingerprint density at radius 2 is 1.79 bits per heavy atom. The van der Waals surface area contributed by atoms with E-state index in [9.17, 15) is 4.79 Å². The number of fused-ring (bicyclic) bond motifs is 1. The minimum absolute atomic E-state index is 0.0529. The average Bonchev–Trinajstić information content (AvgIpc) is 3.15. The number of benzene rings is 2. The molecule has 0 saturated carbocycles. The molecule has 6 heteroatoms. The van der Waals surface area contributed by atoms with Crippen molar-refractivity contribution in [1.82, 2.24) is 0 Å². The third-order valence-electron chi connectivity index (χ3n) is 4.08. The number of nitrogens with zero attached hydrogens (tertiary/aromatic N) is 1. The summed E-state index contributed by atoms with van der Waals surface area (Å²) in [7, 11) is 0. The van der Waals surface area contributed by atoms with E-state index in [2.05, 4.69) is 12.1 Å². The van der Waals surface area contributed by atoms with Gasteiger partial charge in [0.1, 0.15) is 0 Å². The second kappa shape index (κ2) is 7.24. The topological polar surface area (TPSA) is 20.3 Å². The lowest BCUT2D eigenvalue weighted by Crippen LogP contribution is -2.35. The summed E-state index contributed by atoms with van der Waals surface area (Å²) in [6, 6.07) is 13.9. The third kappa shape index (κ3) is 3.32. The molecular weight excluding hydrogens is 378 g/mol. The Morgan fingerprint density at radius 3 is 2.54 bits per heavy atom. The Labute approximate surface area is 159 Å². The van der Waals surface area contributed by atoms with Gasteiger partial charge in [0.2, 0.25) is 0 Å². The minimum Gasteiger partial charge on any atom is -0.306 e. The van der Waals surface area contributed by atoms with Crippen LogP contribution >= 0.6 is 46.9 Å². The van der Waals surface area contributed by atoms with Crippen LogP contribution in [0.2, 0.25) is 5.02 Å². The van der Waals surface area contributed by atoms with E-state index < -0.39 is 0 Å². The van der Waals surface area contributed by atoms with Crippen molar-refractivity contribution in [3.63, 3.8) is 0 Å². The van der Waals surface area contributed by atoms with Crippen LogP contribution in [0.1, 0.15) is 20.5 Å². The molecular formula is C18H16ClNOS3. The lowest BCUT2D eigenvalue weighted by atomic mass is 10.1. The van der Waals surface area contributed by atoms with Gasteiger partial charge in [-0.05, 0) is 35.9 Å². The summed E-state index contributed by atoms with van der Waals surface area (Å²) in [5.41, 5.74) is 2.97. The molecule has 1 fully saturated rings. The first-order chi connectivity index (χ1) is 11.7. The number of carbonyl (C=O) groups excluding carboxylic acids is 1. The van der Waals surface area contributed by atoms with Gasteiger partial charge in [-0.15, -0.1) is 35.3 Å². The lowest BCUT2D eigenvalue weighted by molar-refractivity contribution is 0.0987. The van der Waals surface area contributed by atoms with Crippen LogP contribution in [0, 0.1) is 0 Å². The first kappa shape index (κ1) is 16.7. The van der Waals surface area contributed by atoms with Crippen molar-refractivity contribution in [3.05, 3.63) is 58.6 Å². The van der Waals surface area contributed by atoms with Crippen LogP contribution in [-0.2, 0) is 0 Å². The molecule has 0 unspecified atom stereocenters. The van der Waals surface area contributed by atoms with E-state index in [4.69, 9.17) is 11.6 Å². The quantitative estimate of drug-likeness (QED) is 0.664. The fourth-order valence-electron chi connectivity index (χ4n) is 2.89. The van der Waals surface area contributed by atoms with Gasteiger partial charge in [-0.25, -0.2) is 0 Å². The summed E-state index contributed by atoms with van der Waals surface area (Å²) in [6.07, 6.45) is 0. The molecule has 2 aliphatic heterocycles. The van der Waals surface area contributed by atoms with Crippen molar-refractivity contribution >= 4 is 58.5 Å². The fourth-order valence-corrected chi connectivity index (χ4v) is 6.89. The van der Waals surface area contributed by atoms with Crippen molar-refractivity contribution in [2.24, 2.45) is 0 Å².